The molecule has 2 aromatic heterocycles. The van der Waals surface area contributed by atoms with Crippen LogP contribution in [0.3, 0.4) is 0 Å². The Bertz CT molecular complexity index is 3380. The van der Waals surface area contributed by atoms with Gasteiger partial charge in [-0.25, -0.2) is 28.1 Å². The Hall–Kier alpha value is -3.36. The molecule has 9 rings (SSSR count). The number of nitrogens with two attached hydrogens (primary N) is 1. The summed E-state index contributed by atoms with van der Waals surface area (Å²) in [4.78, 5) is 54.7. The van der Waals surface area contributed by atoms with Gasteiger partial charge in [0.15, 0.2) is 18.3 Å². The Morgan fingerprint density at radius 1 is 0.773 bits per heavy atom. The fourth-order valence-electron chi connectivity index (χ4n) is 8.14. The fraction of sp³-hybridized carbons (Fsp3) is 0.522. The number of phosphoric acid groups is 1. The molecule has 0 bridgehead atoms. The van der Waals surface area contributed by atoms with Crippen LogP contribution in [0.4, 0.5) is 29.2 Å². The average molecular weight is 1460 g/mol. The van der Waals surface area contributed by atoms with E-state index in [1.54, 1.807) is 62.4 Å². The SMILES string of the molecule is CCOC(=O)[C@H](C)N.CCOC(=O)[C@H](C)OP1(=O)OC[C@H]2O[C@@H](n3ccc(NP4(=O)OCCC(c5cccc(Cl)c5)O4)nc3=O)C(F)(F)[C@H]2O1.Cl.O=P(Cl)(Cl)Cl.O=c1nc(NP2(=O)OCCC(c3cccc(Cl)c3)O2)ccn1[C@@H]1O[C@H](CO)[C@H](O)C1(F)F. The molecule has 5 fully saturated rings. The minimum Gasteiger partial charge on any atom is -0.465 e. The van der Waals surface area contributed by atoms with Gasteiger partial charge in [0.1, 0.15) is 29.9 Å². The van der Waals surface area contributed by atoms with Crippen LogP contribution < -0.4 is 27.3 Å². The van der Waals surface area contributed by atoms with Crippen molar-refractivity contribution < 1.29 is 106 Å². The Balaban J connectivity index is 0.000000270. The molecule has 0 saturated carbocycles. The third kappa shape index (κ3) is 20.3. The van der Waals surface area contributed by atoms with Gasteiger partial charge in [0.2, 0.25) is 12.5 Å². The molecule has 0 spiro atoms. The van der Waals surface area contributed by atoms with Crippen molar-refractivity contribution in [3.05, 3.63) is 115 Å². The van der Waals surface area contributed by atoms with Gasteiger partial charge < -0.3 is 34.9 Å². The Morgan fingerprint density at radius 2 is 1.23 bits per heavy atom. The topological polar surface area (TPSA) is 364 Å². The van der Waals surface area contributed by atoms with Gasteiger partial charge in [-0.15, -0.1) is 12.4 Å². The largest absolute Gasteiger partial charge is 0.476 e. The molecule has 7 heterocycles. The van der Waals surface area contributed by atoms with Crippen LogP contribution in [0.5, 0.6) is 0 Å². The van der Waals surface area contributed by atoms with E-state index < -0.39 is 132 Å². The number of hydrogen-bond acceptors (Lipinski definition) is 24. The smallest absolute Gasteiger partial charge is 0.465 e. The number of carbonyl (C=O) groups is 2. The number of hydrogen-bond donors (Lipinski definition) is 5. The molecule has 42 heteroatoms. The number of phosphoric ester groups is 1. The number of aromatic nitrogens is 4. The van der Waals surface area contributed by atoms with Gasteiger partial charge in [0, 0.05) is 35.3 Å². The lowest BCUT2D eigenvalue weighted by atomic mass is 10.1. The van der Waals surface area contributed by atoms with E-state index in [4.69, 9.17) is 79.9 Å². The third-order valence-corrected chi connectivity index (χ3v) is 17.1. The predicted octanol–water partition coefficient (Wildman–Crippen LogP) is 10.2. The average Bonchev–Trinajstić information content (AvgIpc) is 1.95. The monoisotopic (exact) mass is 1450 g/mol. The van der Waals surface area contributed by atoms with Gasteiger partial charge in [-0.1, -0.05) is 47.5 Å². The van der Waals surface area contributed by atoms with Crippen LogP contribution in [0.25, 0.3) is 0 Å². The lowest BCUT2D eigenvalue weighted by Gasteiger charge is -2.32. The summed E-state index contributed by atoms with van der Waals surface area (Å²) in [6.07, 6.45) is -11.9. The number of nitrogens with one attached hydrogen (secondary N) is 2. The number of alkyl halides is 4. The number of aliphatic hydroxyl groups excluding tert-OH is 2. The molecular weight excluding hydrogens is 1400 g/mol. The van der Waals surface area contributed by atoms with Crippen molar-refractivity contribution in [2.75, 3.05) is 49.8 Å². The van der Waals surface area contributed by atoms with Crippen LogP contribution >= 0.6 is 97.8 Å². The number of anilines is 2. The molecule has 0 radical (unpaired) electrons. The second-order valence-corrected chi connectivity index (χ2v) is 31.0. The number of esters is 2. The van der Waals surface area contributed by atoms with Crippen LogP contribution in [0.2, 0.25) is 10.0 Å². The first-order valence-corrected chi connectivity index (χ1v) is 35.2. The van der Waals surface area contributed by atoms with Gasteiger partial charge in [-0.3, -0.25) is 60.3 Å². The minimum atomic E-state index is -4.63. The highest BCUT2D eigenvalue weighted by Gasteiger charge is 2.66. The first-order valence-electron chi connectivity index (χ1n) is 25.5. The summed E-state index contributed by atoms with van der Waals surface area (Å²) >= 11 is 25.9. The van der Waals surface area contributed by atoms with Crippen LogP contribution in [-0.4, -0.2) is 129 Å². The number of benzene rings is 2. The summed E-state index contributed by atoms with van der Waals surface area (Å²) in [7, 11) is -12.6. The van der Waals surface area contributed by atoms with Gasteiger partial charge in [-0.2, -0.15) is 27.5 Å². The van der Waals surface area contributed by atoms with Crippen molar-refractivity contribution in [1.82, 2.24) is 19.1 Å². The zero-order valence-electron chi connectivity index (χ0n) is 46.0. The van der Waals surface area contributed by atoms with Crippen molar-refractivity contribution in [2.24, 2.45) is 5.73 Å². The molecule has 5 unspecified atom stereocenters. The first kappa shape index (κ1) is 75.4. The Kier molecular flexibility index (Phi) is 27.4. The highest BCUT2D eigenvalue weighted by Crippen LogP contribution is 2.62. The molecule has 5 aliphatic rings. The van der Waals surface area contributed by atoms with Crippen molar-refractivity contribution >= 4 is 121 Å². The quantitative estimate of drug-likeness (QED) is 0.0419. The van der Waals surface area contributed by atoms with E-state index in [0.29, 0.717) is 49.8 Å². The molecule has 2 aromatic carbocycles. The van der Waals surface area contributed by atoms with Gasteiger partial charge >= 0.3 is 63.7 Å². The van der Waals surface area contributed by atoms with Crippen LogP contribution in [-0.2, 0) is 78.5 Å². The summed E-state index contributed by atoms with van der Waals surface area (Å²) < 4.78 is 165. The highest BCUT2D eigenvalue weighted by molar-refractivity contribution is 8.24. The summed E-state index contributed by atoms with van der Waals surface area (Å²) in [5.74, 6) is -9.51. The van der Waals surface area contributed by atoms with E-state index in [1.165, 1.54) is 13.8 Å². The van der Waals surface area contributed by atoms with Gasteiger partial charge in [0.05, 0.1) is 51.8 Å². The number of halogens is 10. The Morgan fingerprint density at radius 3 is 1.62 bits per heavy atom. The molecule has 5 saturated heterocycles. The number of aliphatic hydroxyl groups is 2. The molecule has 0 amide bonds. The van der Waals surface area contributed by atoms with Crippen LogP contribution in [0, 0.1) is 0 Å². The fourth-order valence-corrected chi connectivity index (χ4v) is 13.1. The Labute approximate surface area is 528 Å². The van der Waals surface area contributed by atoms with Crippen LogP contribution in [0.1, 0.15) is 76.3 Å². The van der Waals surface area contributed by atoms with E-state index >= 15 is 8.78 Å². The first-order chi connectivity index (χ1) is 40.6. The predicted molar refractivity (Wildman–Crippen MR) is 310 cm³/mol. The summed E-state index contributed by atoms with van der Waals surface area (Å²) in [6.45, 7) is 5.12. The number of carbonyl (C=O) groups excluding carboxylic acids is 2. The zero-order valence-corrected chi connectivity index (χ0v) is 54.1. The minimum absolute atomic E-state index is 0. The summed E-state index contributed by atoms with van der Waals surface area (Å²) in [6, 6.07) is 15.3. The molecule has 5 aliphatic heterocycles. The number of ether oxygens (including phenoxy) is 4. The lowest BCUT2D eigenvalue weighted by Crippen LogP contribution is -2.45. The van der Waals surface area contributed by atoms with Crippen molar-refractivity contribution in [3.8, 4) is 0 Å². The number of fused-ring (bicyclic) bond motifs is 1. The van der Waals surface area contributed by atoms with E-state index in [2.05, 4.69) is 58.6 Å². The van der Waals surface area contributed by atoms with Crippen molar-refractivity contribution in [2.45, 2.75) is 114 Å². The lowest BCUT2D eigenvalue weighted by molar-refractivity contribution is -0.155. The molecular formula is C46H57Cl6F4N7O21P4. The summed E-state index contributed by atoms with van der Waals surface area (Å²) in [5.41, 5.74) is 4.13. The molecule has 0 aliphatic carbocycles. The standard InChI is InChI=1S/C23H26ClF2N3O11P2.C18H19ClF2N3O7P.C5H11NO2.Cl3OP.ClH/c1-3-34-20(30)13(2)38-42(33)36-12-17-19(40-42)23(25,26)21(37-17)29-9-7-18(27-22(29)31)28-41(32)35-10-8-16(39-41)14-5-4-6-15(24)11-14;19-11-3-1-2-10(8-11)12-5-7-29-32(28,31-12)23-14-4-6-24(17(27)22-14)16-18(20,21)15(26)13(9-25)30-16;1-3-8-5(7)4(2)6;1-5(2,3)4;/h4-7,9,11,13,16-17,19,21H,3,8,10,12H2,1-2H3,(H,27,28,31,32);1-4,6,8,12-13,15-16,25-26H,5,7,9H2,(H,22,23,27,28);4H,3,6H2,1-2H3;;1H/t13-,16?,17+,19-,21+,41?,42?;12?,13-,15+,16-,32?;4-;;/m010../s1. The molecule has 6 N–H and O–H groups in total. The summed E-state index contributed by atoms with van der Waals surface area (Å²) in [5, 5.41) is 21.3. The second-order valence-electron chi connectivity index (χ2n) is 18.5. The maximum absolute atomic E-state index is 15.5. The number of rotatable bonds is 15. The van der Waals surface area contributed by atoms with Gasteiger partial charge in [-0.05, 0) is 109 Å². The molecule has 88 heavy (non-hydrogen) atoms. The van der Waals surface area contributed by atoms with E-state index in [0.717, 1.165) is 24.5 Å². The van der Waals surface area contributed by atoms with E-state index in [1.807, 2.05) is 0 Å². The van der Waals surface area contributed by atoms with Crippen molar-refractivity contribution in [3.63, 3.8) is 0 Å². The third-order valence-electron chi connectivity index (χ3n) is 12.0. The van der Waals surface area contributed by atoms with Crippen molar-refractivity contribution in [1.29, 1.82) is 0 Å². The number of nitrogens with zero attached hydrogens (tertiary/aromatic N) is 4. The second kappa shape index (κ2) is 32.0. The maximum atomic E-state index is 15.5. The zero-order chi connectivity index (χ0) is 64.5. The normalized spacial score (nSPS) is 29.2. The highest BCUT2D eigenvalue weighted by atomic mass is 36.0. The molecule has 4 aromatic rings. The van der Waals surface area contributed by atoms with Gasteiger partial charge in [0.25, 0.3) is 0 Å². The molecule has 13 atom stereocenters. The van der Waals surface area contributed by atoms with Crippen LogP contribution in [0.15, 0.2) is 82.6 Å². The van der Waals surface area contributed by atoms with E-state index in [9.17, 15) is 51.3 Å². The molecule has 28 nitrogen and oxygen atoms in total. The van der Waals surface area contributed by atoms with E-state index in [-0.39, 0.29) is 49.8 Å². The molecule has 492 valence electrons. The maximum Gasteiger partial charge on any atom is 0.476 e.